The van der Waals surface area contributed by atoms with E-state index in [1.165, 1.54) is 69.8 Å². The summed E-state index contributed by atoms with van der Waals surface area (Å²) in [6.45, 7) is 0. The second-order valence-electron chi connectivity index (χ2n) is 6.59. The van der Waals surface area contributed by atoms with Gasteiger partial charge >= 0.3 is 0 Å². The van der Waals surface area contributed by atoms with Crippen molar-refractivity contribution in [3.05, 3.63) is 67.7 Å². The zero-order valence-corrected chi connectivity index (χ0v) is 14.2. The minimum atomic E-state index is 1.20. The van der Waals surface area contributed by atoms with Crippen LogP contribution in [0, 0.1) is 0 Å². The lowest BCUT2D eigenvalue weighted by atomic mass is 9.94. The van der Waals surface area contributed by atoms with Crippen molar-refractivity contribution in [2.24, 2.45) is 0 Å². The molecule has 0 saturated heterocycles. The summed E-state index contributed by atoms with van der Waals surface area (Å²) in [5.41, 5.74) is 0. The third kappa shape index (κ3) is 2.89. The molecule has 0 fully saturated rings. The first-order chi connectivity index (χ1) is 11.9. The van der Waals surface area contributed by atoms with E-state index in [0.29, 0.717) is 0 Å². The van der Waals surface area contributed by atoms with E-state index < -0.39 is 0 Å². The molecular weight excluding hydrogens is 288 g/mol. The Labute approximate surface area is 143 Å². The maximum Gasteiger partial charge on any atom is -0.0145 e. The maximum atomic E-state index is 2.45. The highest BCUT2D eigenvalue weighted by Crippen LogP contribution is 1.96. The fourth-order valence-corrected chi connectivity index (χ4v) is 3.94. The van der Waals surface area contributed by atoms with Crippen LogP contribution in [-0.4, -0.2) is 0 Å². The largest absolute Gasteiger partial charge is 0.0757 e. The van der Waals surface area contributed by atoms with Gasteiger partial charge in [-0.15, -0.1) is 0 Å². The summed E-state index contributed by atoms with van der Waals surface area (Å²) in [5, 5.41) is 9.07. The third-order valence-corrected chi connectivity index (χ3v) is 5.00. The molecule has 0 atom stereocenters. The summed E-state index contributed by atoms with van der Waals surface area (Å²) in [4.78, 5) is 0. The monoisotopic (exact) mass is 312 g/mol. The van der Waals surface area contributed by atoms with Crippen molar-refractivity contribution < 1.29 is 0 Å². The fraction of sp³-hybridized carbons (Fsp3) is 0.250. The summed E-state index contributed by atoms with van der Waals surface area (Å²) in [6, 6.07) is 12.0. The Morgan fingerprint density at radius 1 is 0.292 bits per heavy atom. The molecule has 120 valence electrons. The Morgan fingerprint density at radius 2 is 0.458 bits per heavy atom. The lowest BCUT2D eigenvalue weighted by Crippen LogP contribution is -2.66. The van der Waals surface area contributed by atoms with Gasteiger partial charge in [-0.2, -0.15) is 0 Å². The van der Waals surface area contributed by atoms with E-state index in [1.807, 2.05) is 36.4 Å². The lowest BCUT2D eigenvalue weighted by Gasteiger charge is -2.10. The standard InChI is InChI=1S/C18H18.C6H6/c1-2-8-14-13(7-1)15-9-3-4-11-17(15)18-12-6-5-10-16(14)18;1-2-4-6-5-3-1/h7-12H,1-6H2;1-6H. The van der Waals surface area contributed by atoms with Gasteiger partial charge in [0.2, 0.25) is 0 Å². The summed E-state index contributed by atoms with van der Waals surface area (Å²) in [5.74, 6) is 0. The minimum absolute atomic E-state index is 1.20. The average Bonchev–Trinajstić information content (AvgIpc) is 2.70. The molecule has 0 amide bonds. The van der Waals surface area contributed by atoms with Crippen LogP contribution in [0.15, 0.2) is 36.4 Å². The van der Waals surface area contributed by atoms with Gasteiger partial charge in [-0.1, -0.05) is 72.9 Å². The Hall–Kier alpha value is -2.34. The molecule has 3 aliphatic rings. The Kier molecular flexibility index (Phi) is 4.46. The van der Waals surface area contributed by atoms with Crippen LogP contribution in [0.2, 0.25) is 0 Å². The van der Waals surface area contributed by atoms with E-state index in [-0.39, 0.29) is 0 Å². The van der Waals surface area contributed by atoms with Crippen molar-refractivity contribution in [3.63, 3.8) is 0 Å². The van der Waals surface area contributed by atoms with E-state index in [4.69, 9.17) is 0 Å². The molecule has 5 rings (SSSR count). The van der Waals surface area contributed by atoms with Crippen LogP contribution < -0.4 is 31.3 Å². The van der Waals surface area contributed by atoms with Crippen LogP contribution in [-0.2, 0) is 0 Å². The molecule has 0 bridgehead atoms. The topological polar surface area (TPSA) is 0 Å². The number of benzene rings is 2. The van der Waals surface area contributed by atoms with Crippen molar-refractivity contribution in [2.45, 2.75) is 38.5 Å². The second kappa shape index (κ2) is 7.05. The number of fused-ring (bicyclic) bond motifs is 6. The number of rotatable bonds is 0. The van der Waals surface area contributed by atoms with Gasteiger partial charge in [0.15, 0.2) is 0 Å². The van der Waals surface area contributed by atoms with Gasteiger partial charge in [-0.3, -0.25) is 0 Å². The van der Waals surface area contributed by atoms with Crippen molar-refractivity contribution in [1.29, 1.82) is 0 Å². The van der Waals surface area contributed by atoms with E-state index in [1.54, 1.807) is 0 Å². The molecule has 2 aromatic rings. The molecule has 0 unspecified atom stereocenters. The summed E-state index contributed by atoms with van der Waals surface area (Å²) in [6.07, 6.45) is 21.9. The van der Waals surface area contributed by atoms with E-state index in [2.05, 4.69) is 36.5 Å². The van der Waals surface area contributed by atoms with Gasteiger partial charge in [-0.05, 0) is 69.8 Å². The van der Waals surface area contributed by atoms with E-state index in [9.17, 15) is 0 Å². The molecule has 0 radical (unpaired) electrons. The van der Waals surface area contributed by atoms with E-state index in [0.717, 1.165) is 0 Å². The first-order valence-electron chi connectivity index (χ1n) is 9.18. The minimum Gasteiger partial charge on any atom is -0.0757 e. The normalized spacial score (nSPS) is 16.5. The highest BCUT2D eigenvalue weighted by molar-refractivity contribution is 5.51. The van der Waals surface area contributed by atoms with Crippen LogP contribution in [0.25, 0.3) is 36.5 Å². The molecule has 3 aliphatic carbocycles. The molecule has 0 heterocycles. The number of hydrogen-bond acceptors (Lipinski definition) is 0. The second-order valence-corrected chi connectivity index (χ2v) is 6.59. The molecule has 0 spiro atoms. The molecule has 0 nitrogen and oxygen atoms in total. The van der Waals surface area contributed by atoms with E-state index >= 15 is 0 Å². The summed E-state index contributed by atoms with van der Waals surface area (Å²) >= 11 is 0. The Bertz CT molecular complexity index is 826. The zero-order chi connectivity index (χ0) is 16.2. The lowest BCUT2D eigenvalue weighted by molar-refractivity contribution is 1.04. The molecule has 0 aromatic heterocycles. The van der Waals surface area contributed by atoms with Crippen LogP contribution in [0.3, 0.4) is 0 Å². The van der Waals surface area contributed by atoms with Crippen molar-refractivity contribution in [2.75, 3.05) is 0 Å². The smallest absolute Gasteiger partial charge is 0.0145 e. The van der Waals surface area contributed by atoms with Gasteiger partial charge in [-0.25, -0.2) is 0 Å². The zero-order valence-electron chi connectivity index (χ0n) is 14.2. The predicted molar refractivity (Wildman–Crippen MR) is 105 cm³/mol. The molecule has 0 heteroatoms. The molecule has 2 aromatic carbocycles. The summed E-state index contributed by atoms with van der Waals surface area (Å²) < 4.78 is 0. The van der Waals surface area contributed by atoms with Gasteiger partial charge in [0, 0.05) is 0 Å². The molecule has 0 N–H and O–H groups in total. The summed E-state index contributed by atoms with van der Waals surface area (Å²) in [7, 11) is 0. The fourth-order valence-electron chi connectivity index (χ4n) is 3.94. The molecule has 0 saturated carbocycles. The van der Waals surface area contributed by atoms with Gasteiger partial charge in [0.25, 0.3) is 0 Å². The SMILES string of the molecule is C1=c2c3c(c4c(c2=CCC1)=CCCC=4)=CCCC=3.c1ccccc1. The van der Waals surface area contributed by atoms with Crippen molar-refractivity contribution in [3.8, 4) is 0 Å². The highest BCUT2D eigenvalue weighted by Gasteiger charge is 2.05. The maximum absolute atomic E-state index is 2.45. The molecule has 0 aliphatic heterocycles. The van der Waals surface area contributed by atoms with Crippen LogP contribution in [0.5, 0.6) is 0 Å². The highest BCUT2D eigenvalue weighted by atomic mass is 14.1. The quantitative estimate of drug-likeness (QED) is 0.690. The first-order valence-corrected chi connectivity index (χ1v) is 9.18. The average molecular weight is 312 g/mol. The number of hydrogen-bond donors (Lipinski definition) is 0. The van der Waals surface area contributed by atoms with Crippen LogP contribution in [0.1, 0.15) is 38.5 Å². The Balaban J connectivity index is 0.000000207. The van der Waals surface area contributed by atoms with Crippen molar-refractivity contribution in [1.82, 2.24) is 0 Å². The van der Waals surface area contributed by atoms with Crippen LogP contribution in [0.4, 0.5) is 0 Å². The van der Waals surface area contributed by atoms with Crippen molar-refractivity contribution >= 4 is 36.5 Å². The molecular formula is C24H24. The Morgan fingerprint density at radius 3 is 0.625 bits per heavy atom. The molecule has 24 heavy (non-hydrogen) atoms. The predicted octanol–water partition coefficient (Wildman–Crippen LogP) is 1.44. The first kappa shape index (κ1) is 15.2. The van der Waals surface area contributed by atoms with Gasteiger partial charge in [0.05, 0.1) is 0 Å². The van der Waals surface area contributed by atoms with Crippen LogP contribution >= 0.6 is 0 Å². The van der Waals surface area contributed by atoms with Gasteiger partial charge < -0.3 is 0 Å². The third-order valence-electron chi connectivity index (χ3n) is 5.00. The van der Waals surface area contributed by atoms with Gasteiger partial charge in [0.1, 0.15) is 0 Å².